The summed E-state index contributed by atoms with van der Waals surface area (Å²) in [6, 6.07) is 6.66. The summed E-state index contributed by atoms with van der Waals surface area (Å²) in [6.45, 7) is 2.18. The fourth-order valence-corrected chi connectivity index (χ4v) is 4.20. The normalized spacial score (nSPS) is 33.4. The Morgan fingerprint density at radius 2 is 1.68 bits per heavy atom. The van der Waals surface area contributed by atoms with Gasteiger partial charge in [-0.2, -0.15) is 0 Å². The van der Waals surface area contributed by atoms with Crippen LogP contribution in [0.2, 0.25) is 0 Å². The van der Waals surface area contributed by atoms with Crippen LogP contribution in [0.1, 0.15) is 49.7 Å². The van der Waals surface area contributed by atoms with Crippen LogP contribution in [0.3, 0.4) is 0 Å². The molecule has 0 aliphatic heterocycles. The minimum Gasteiger partial charge on any atom is -0.496 e. The van der Waals surface area contributed by atoms with Gasteiger partial charge in [0.1, 0.15) is 5.75 Å². The summed E-state index contributed by atoms with van der Waals surface area (Å²) in [5.41, 5.74) is 3.61. The number of hydrogen-bond acceptors (Lipinski definition) is 2. The third-order valence-corrected chi connectivity index (χ3v) is 5.70. The maximum atomic E-state index is 5.63. The highest BCUT2D eigenvalue weighted by atomic mass is 16.5. The van der Waals surface area contributed by atoms with E-state index in [9.17, 15) is 0 Å². The van der Waals surface area contributed by atoms with Gasteiger partial charge < -0.3 is 10.1 Å². The molecule has 3 aliphatic rings. The number of fused-ring (bicyclic) bond motifs is 3. The van der Waals surface area contributed by atoms with E-state index in [-0.39, 0.29) is 0 Å². The highest BCUT2D eigenvalue weighted by Gasteiger charge is 2.49. The van der Waals surface area contributed by atoms with Crippen molar-refractivity contribution >= 4 is 0 Å². The van der Waals surface area contributed by atoms with Gasteiger partial charge in [-0.25, -0.2) is 0 Å². The van der Waals surface area contributed by atoms with Crippen LogP contribution in [0.25, 0.3) is 0 Å². The predicted molar refractivity (Wildman–Crippen MR) is 78.9 cm³/mol. The Balaban J connectivity index is 1.97. The van der Waals surface area contributed by atoms with Gasteiger partial charge in [-0.1, -0.05) is 17.7 Å². The minimum atomic E-state index is 0.371. The van der Waals surface area contributed by atoms with Crippen molar-refractivity contribution in [1.82, 2.24) is 5.32 Å². The van der Waals surface area contributed by atoms with E-state index < -0.39 is 0 Å². The number of rotatable bonds is 3. The van der Waals surface area contributed by atoms with Gasteiger partial charge in [0.15, 0.2) is 0 Å². The first-order valence-corrected chi connectivity index (χ1v) is 7.47. The Hall–Kier alpha value is -1.02. The molecule has 1 aromatic carbocycles. The molecule has 0 saturated heterocycles. The Kier molecular flexibility index (Phi) is 3.09. The van der Waals surface area contributed by atoms with Crippen LogP contribution in [0, 0.1) is 6.92 Å². The first-order chi connectivity index (χ1) is 9.13. The topological polar surface area (TPSA) is 21.3 Å². The zero-order valence-electron chi connectivity index (χ0n) is 12.4. The Labute approximate surface area is 116 Å². The highest BCUT2D eigenvalue weighted by molar-refractivity contribution is 5.43. The zero-order valence-corrected chi connectivity index (χ0v) is 12.4. The summed E-state index contributed by atoms with van der Waals surface area (Å²) in [4.78, 5) is 0. The number of aryl methyl sites for hydroxylation is 1. The van der Waals surface area contributed by atoms with Gasteiger partial charge in [0.05, 0.1) is 7.11 Å². The van der Waals surface area contributed by atoms with Crippen LogP contribution in [0.4, 0.5) is 0 Å². The number of methoxy groups -OCH3 is 1. The van der Waals surface area contributed by atoms with Gasteiger partial charge in [0.25, 0.3) is 0 Å². The molecule has 3 fully saturated rings. The second-order valence-electron chi connectivity index (χ2n) is 6.51. The van der Waals surface area contributed by atoms with Crippen LogP contribution in [0.15, 0.2) is 18.2 Å². The molecule has 2 heteroatoms. The average molecular weight is 259 g/mol. The molecule has 1 aromatic rings. The van der Waals surface area contributed by atoms with E-state index in [2.05, 4.69) is 37.5 Å². The molecule has 0 heterocycles. The maximum absolute atomic E-state index is 5.63. The van der Waals surface area contributed by atoms with E-state index in [1.54, 1.807) is 7.11 Å². The van der Waals surface area contributed by atoms with Gasteiger partial charge in [0.2, 0.25) is 0 Å². The van der Waals surface area contributed by atoms with Gasteiger partial charge in [-0.3, -0.25) is 0 Å². The third kappa shape index (κ3) is 1.97. The van der Waals surface area contributed by atoms with Crippen LogP contribution in [-0.4, -0.2) is 19.7 Å². The van der Waals surface area contributed by atoms with Crippen molar-refractivity contribution < 1.29 is 4.74 Å². The lowest BCUT2D eigenvalue weighted by molar-refractivity contribution is 0.0817. The molecule has 4 rings (SSSR count). The molecule has 0 unspecified atom stereocenters. The number of ether oxygens (including phenoxy) is 1. The Morgan fingerprint density at radius 3 is 2.21 bits per heavy atom. The monoisotopic (exact) mass is 259 g/mol. The molecule has 19 heavy (non-hydrogen) atoms. The van der Waals surface area contributed by atoms with Crippen LogP contribution in [-0.2, 0) is 5.41 Å². The number of nitrogens with one attached hydrogen (secondary N) is 1. The van der Waals surface area contributed by atoms with Crippen molar-refractivity contribution in [2.45, 2.75) is 56.4 Å². The molecule has 104 valence electrons. The van der Waals surface area contributed by atoms with E-state index in [1.807, 2.05) is 0 Å². The van der Waals surface area contributed by atoms with Crippen LogP contribution >= 0.6 is 0 Å². The average Bonchev–Trinajstić information content (AvgIpc) is 2.49. The molecular formula is C17H25NO. The van der Waals surface area contributed by atoms with Crippen molar-refractivity contribution in [3.8, 4) is 5.75 Å². The number of hydrogen-bond donors (Lipinski definition) is 1. The lowest BCUT2D eigenvalue weighted by atomic mass is 9.55. The maximum Gasteiger partial charge on any atom is 0.122 e. The Bertz CT molecular complexity index is 456. The third-order valence-electron chi connectivity index (χ3n) is 5.70. The summed E-state index contributed by atoms with van der Waals surface area (Å²) in [6.07, 6.45) is 7.82. The molecule has 1 N–H and O–H groups in total. The molecular weight excluding hydrogens is 234 g/mol. The van der Waals surface area contributed by atoms with E-state index in [4.69, 9.17) is 4.74 Å². The standard InChI is InChI=1S/C17H25NO/c1-13-4-5-15(19-3)14(12-13)16-6-9-17(18-2,10-7-16)11-8-16/h4-5,12,18H,6-11H2,1-3H3. The lowest BCUT2D eigenvalue weighted by Crippen LogP contribution is -2.55. The smallest absolute Gasteiger partial charge is 0.122 e. The van der Waals surface area contributed by atoms with E-state index in [1.165, 1.54) is 49.7 Å². The van der Waals surface area contributed by atoms with E-state index in [0.29, 0.717) is 11.0 Å². The fourth-order valence-electron chi connectivity index (χ4n) is 4.20. The number of benzene rings is 1. The van der Waals surface area contributed by atoms with Crippen molar-refractivity contribution in [3.63, 3.8) is 0 Å². The molecule has 0 radical (unpaired) electrons. The van der Waals surface area contributed by atoms with Crippen molar-refractivity contribution in [2.75, 3.05) is 14.2 Å². The lowest BCUT2D eigenvalue weighted by Gasteiger charge is -2.54. The first-order valence-electron chi connectivity index (χ1n) is 7.47. The van der Waals surface area contributed by atoms with Crippen molar-refractivity contribution in [1.29, 1.82) is 0 Å². The minimum absolute atomic E-state index is 0.371. The molecule has 0 aromatic heterocycles. The summed E-state index contributed by atoms with van der Waals surface area (Å²) >= 11 is 0. The summed E-state index contributed by atoms with van der Waals surface area (Å²) in [5, 5.41) is 3.58. The molecule has 0 amide bonds. The summed E-state index contributed by atoms with van der Waals surface area (Å²) in [7, 11) is 3.93. The fraction of sp³-hybridized carbons (Fsp3) is 0.647. The van der Waals surface area contributed by atoms with Gasteiger partial charge in [-0.05, 0) is 64.0 Å². The molecule has 3 aliphatic carbocycles. The quantitative estimate of drug-likeness (QED) is 0.896. The van der Waals surface area contributed by atoms with Gasteiger partial charge >= 0.3 is 0 Å². The van der Waals surface area contributed by atoms with Crippen LogP contribution in [0.5, 0.6) is 5.75 Å². The van der Waals surface area contributed by atoms with Crippen LogP contribution < -0.4 is 10.1 Å². The first kappa shape index (κ1) is 13.0. The second-order valence-corrected chi connectivity index (χ2v) is 6.51. The molecule has 0 atom stereocenters. The molecule has 2 nitrogen and oxygen atoms in total. The molecule has 3 saturated carbocycles. The van der Waals surface area contributed by atoms with Crippen molar-refractivity contribution in [2.24, 2.45) is 0 Å². The van der Waals surface area contributed by atoms with E-state index in [0.717, 1.165) is 5.75 Å². The predicted octanol–water partition coefficient (Wildman–Crippen LogP) is 3.57. The highest BCUT2D eigenvalue weighted by Crippen LogP contribution is 2.55. The second kappa shape index (κ2) is 4.52. The summed E-state index contributed by atoms with van der Waals surface area (Å²) in [5.74, 6) is 1.09. The molecule has 2 bridgehead atoms. The largest absolute Gasteiger partial charge is 0.496 e. The van der Waals surface area contributed by atoms with Gasteiger partial charge in [-0.15, -0.1) is 0 Å². The van der Waals surface area contributed by atoms with E-state index >= 15 is 0 Å². The zero-order chi connectivity index (χ0) is 13.5. The molecule has 0 spiro atoms. The van der Waals surface area contributed by atoms with Gasteiger partial charge in [0, 0.05) is 11.1 Å². The Morgan fingerprint density at radius 1 is 1.05 bits per heavy atom. The SMILES string of the molecule is CNC12CCC(c3cc(C)ccc3OC)(CC1)CC2. The summed E-state index contributed by atoms with van der Waals surface area (Å²) < 4.78 is 5.63. The van der Waals surface area contributed by atoms with Crippen molar-refractivity contribution in [3.05, 3.63) is 29.3 Å².